The molecule has 144 valence electrons. The number of guanidine groups is 1. The van der Waals surface area contributed by atoms with Crippen molar-refractivity contribution in [3.8, 4) is 0 Å². The Labute approximate surface area is 152 Å². The summed E-state index contributed by atoms with van der Waals surface area (Å²) in [5.41, 5.74) is 0. The molecule has 0 heterocycles. The quantitative estimate of drug-likeness (QED) is 0.364. The van der Waals surface area contributed by atoms with E-state index in [-0.39, 0.29) is 0 Å². The lowest BCUT2D eigenvalue weighted by molar-refractivity contribution is 0.270. The van der Waals surface area contributed by atoms with Crippen LogP contribution in [-0.4, -0.2) is 41.9 Å². The van der Waals surface area contributed by atoms with E-state index < -0.39 is 0 Å². The molecule has 0 aliphatic heterocycles. The Morgan fingerprint density at radius 3 is 0.917 bits per heavy atom. The highest BCUT2D eigenvalue weighted by Gasteiger charge is 2.18. The van der Waals surface area contributed by atoms with Crippen molar-refractivity contribution >= 4 is 5.96 Å². The molecule has 0 aromatic carbocycles. The van der Waals surface area contributed by atoms with Crippen molar-refractivity contribution in [1.29, 1.82) is 5.41 Å². The monoisotopic (exact) mass is 339 g/mol. The zero-order valence-corrected chi connectivity index (χ0v) is 17.9. The smallest absolute Gasteiger partial charge is 0.193 e. The van der Waals surface area contributed by atoms with Crippen molar-refractivity contribution in [3.05, 3.63) is 0 Å². The maximum atomic E-state index is 8.83. The van der Waals surface area contributed by atoms with Gasteiger partial charge in [-0.1, -0.05) is 55.4 Å². The van der Waals surface area contributed by atoms with Crippen molar-refractivity contribution < 1.29 is 0 Å². The molecule has 0 aromatic heterocycles. The number of nitrogens with zero attached hydrogens (tertiary/aromatic N) is 2. The summed E-state index contributed by atoms with van der Waals surface area (Å²) in [7, 11) is 0. The molecule has 0 unspecified atom stereocenters. The lowest BCUT2D eigenvalue weighted by Gasteiger charge is -2.35. The summed E-state index contributed by atoms with van der Waals surface area (Å²) in [4.78, 5) is 4.67. The number of rotatable bonds is 12. The van der Waals surface area contributed by atoms with Gasteiger partial charge in [0.25, 0.3) is 0 Å². The maximum absolute atomic E-state index is 8.83. The van der Waals surface area contributed by atoms with Crippen LogP contribution in [-0.2, 0) is 0 Å². The summed E-state index contributed by atoms with van der Waals surface area (Å²) < 4.78 is 0. The average molecular weight is 340 g/mol. The van der Waals surface area contributed by atoms with E-state index in [2.05, 4.69) is 65.2 Å². The molecule has 0 aliphatic rings. The molecule has 0 bridgehead atoms. The second-order valence-corrected chi connectivity index (χ2v) is 9.03. The van der Waals surface area contributed by atoms with Crippen LogP contribution >= 0.6 is 0 Å². The maximum Gasteiger partial charge on any atom is 0.193 e. The highest BCUT2D eigenvalue weighted by molar-refractivity contribution is 5.76. The summed E-state index contributed by atoms with van der Waals surface area (Å²) in [5.74, 6) is 3.54. The van der Waals surface area contributed by atoms with Gasteiger partial charge in [0.15, 0.2) is 5.96 Å². The van der Waals surface area contributed by atoms with Crippen molar-refractivity contribution in [2.45, 2.75) is 81.1 Å². The standard InChI is InChI=1S/C21H45N3/c1-17(2)9-13-23(14-10-18(3)4)21(22)24(15-11-19(5)6)16-12-20(7)8/h17-20,22H,9-16H2,1-8H3. The Balaban J connectivity index is 4.90. The van der Waals surface area contributed by atoms with Gasteiger partial charge < -0.3 is 9.80 Å². The Morgan fingerprint density at radius 1 is 0.542 bits per heavy atom. The first-order chi connectivity index (χ1) is 11.1. The fourth-order valence-electron chi connectivity index (χ4n) is 2.50. The van der Waals surface area contributed by atoms with Gasteiger partial charge in [0.1, 0.15) is 0 Å². The van der Waals surface area contributed by atoms with Crippen molar-refractivity contribution in [1.82, 2.24) is 9.80 Å². The minimum Gasteiger partial charge on any atom is -0.343 e. The SMILES string of the molecule is CC(C)CCN(CCC(C)C)C(=N)N(CCC(C)C)CCC(C)C. The molecule has 0 aliphatic carbocycles. The van der Waals surface area contributed by atoms with Crippen LogP contribution < -0.4 is 0 Å². The number of hydrogen-bond acceptors (Lipinski definition) is 1. The van der Waals surface area contributed by atoms with Crippen molar-refractivity contribution in [3.63, 3.8) is 0 Å². The molecule has 0 atom stereocenters. The summed E-state index contributed by atoms with van der Waals surface area (Å²) in [5, 5.41) is 8.83. The van der Waals surface area contributed by atoms with E-state index in [1.807, 2.05) is 0 Å². The first-order valence-corrected chi connectivity index (χ1v) is 10.2. The van der Waals surface area contributed by atoms with Gasteiger partial charge in [-0.25, -0.2) is 0 Å². The Bertz CT molecular complexity index is 267. The third-order valence-electron chi connectivity index (χ3n) is 4.50. The van der Waals surface area contributed by atoms with Crippen LogP contribution in [0.15, 0.2) is 0 Å². The van der Waals surface area contributed by atoms with Gasteiger partial charge in [0.05, 0.1) is 0 Å². The summed E-state index contributed by atoms with van der Waals surface area (Å²) in [6.45, 7) is 22.3. The molecule has 24 heavy (non-hydrogen) atoms. The molecule has 3 heteroatoms. The fourth-order valence-corrected chi connectivity index (χ4v) is 2.50. The summed E-state index contributed by atoms with van der Waals surface area (Å²) in [6.07, 6.45) is 4.68. The summed E-state index contributed by atoms with van der Waals surface area (Å²) in [6, 6.07) is 0. The van der Waals surface area contributed by atoms with Crippen LogP contribution in [0.2, 0.25) is 0 Å². The molecular formula is C21H45N3. The van der Waals surface area contributed by atoms with E-state index in [0.717, 1.165) is 32.1 Å². The normalized spacial score (nSPS) is 11.8. The molecule has 0 spiro atoms. The van der Waals surface area contributed by atoms with Crippen LogP contribution in [0.1, 0.15) is 81.1 Å². The Kier molecular flexibility index (Phi) is 12.2. The first-order valence-electron chi connectivity index (χ1n) is 10.2. The molecule has 0 aromatic rings. The van der Waals surface area contributed by atoms with Crippen molar-refractivity contribution in [2.24, 2.45) is 23.7 Å². The molecule has 0 rings (SSSR count). The van der Waals surface area contributed by atoms with Crippen LogP contribution in [0.4, 0.5) is 0 Å². The zero-order valence-electron chi connectivity index (χ0n) is 17.9. The molecule has 0 saturated heterocycles. The zero-order chi connectivity index (χ0) is 18.7. The van der Waals surface area contributed by atoms with Gasteiger partial charge in [-0.05, 0) is 49.4 Å². The van der Waals surface area contributed by atoms with Gasteiger partial charge in [-0.2, -0.15) is 0 Å². The van der Waals surface area contributed by atoms with Crippen molar-refractivity contribution in [2.75, 3.05) is 26.2 Å². The van der Waals surface area contributed by atoms with Gasteiger partial charge in [0.2, 0.25) is 0 Å². The predicted octanol–water partition coefficient (Wildman–Crippen LogP) is 5.71. The molecule has 1 N–H and O–H groups in total. The molecule has 0 saturated carbocycles. The number of nitrogens with one attached hydrogen (secondary N) is 1. The van der Waals surface area contributed by atoms with Gasteiger partial charge in [0, 0.05) is 26.2 Å². The molecule has 0 radical (unpaired) electrons. The lowest BCUT2D eigenvalue weighted by Crippen LogP contribution is -2.46. The summed E-state index contributed by atoms with van der Waals surface area (Å²) >= 11 is 0. The van der Waals surface area contributed by atoms with Gasteiger partial charge in [-0.15, -0.1) is 0 Å². The molecule has 0 fully saturated rings. The van der Waals surface area contributed by atoms with Gasteiger partial charge >= 0.3 is 0 Å². The van der Waals surface area contributed by atoms with Crippen LogP contribution in [0.3, 0.4) is 0 Å². The van der Waals surface area contributed by atoms with Gasteiger partial charge in [-0.3, -0.25) is 5.41 Å². The molecular weight excluding hydrogens is 294 g/mol. The van der Waals surface area contributed by atoms with E-state index in [1.54, 1.807) is 0 Å². The third-order valence-corrected chi connectivity index (χ3v) is 4.50. The Hall–Kier alpha value is -0.730. The first kappa shape index (κ1) is 23.3. The van der Waals surface area contributed by atoms with Crippen LogP contribution in [0, 0.1) is 29.1 Å². The largest absolute Gasteiger partial charge is 0.343 e. The van der Waals surface area contributed by atoms with E-state index in [1.165, 1.54) is 25.7 Å². The predicted molar refractivity (Wildman–Crippen MR) is 109 cm³/mol. The fraction of sp³-hybridized carbons (Fsp3) is 0.952. The molecule has 3 nitrogen and oxygen atoms in total. The highest BCUT2D eigenvalue weighted by atomic mass is 15.4. The lowest BCUT2D eigenvalue weighted by atomic mass is 10.1. The minimum absolute atomic E-state index is 0.694. The second-order valence-electron chi connectivity index (χ2n) is 9.03. The van der Waals surface area contributed by atoms with E-state index in [9.17, 15) is 0 Å². The second kappa shape index (κ2) is 12.6. The Morgan fingerprint density at radius 2 is 0.750 bits per heavy atom. The van der Waals surface area contributed by atoms with Crippen LogP contribution in [0.5, 0.6) is 0 Å². The minimum atomic E-state index is 0.694. The topological polar surface area (TPSA) is 30.3 Å². The van der Waals surface area contributed by atoms with Crippen LogP contribution in [0.25, 0.3) is 0 Å². The van der Waals surface area contributed by atoms with E-state index >= 15 is 0 Å². The van der Waals surface area contributed by atoms with E-state index in [0.29, 0.717) is 23.7 Å². The number of hydrogen-bond donors (Lipinski definition) is 1. The average Bonchev–Trinajstić information content (AvgIpc) is 2.45. The third kappa shape index (κ3) is 11.8. The molecule has 0 amide bonds. The highest BCUT2D eigenvalue weighted by Crippen LogP contribution is 2.12. The van der Waals surface area contributed by atoms with E-state index in [4.69, 9.17) is 5.41 Å².